The molecule has 6 nitrogen and oxygen atoms in total. The van der Waals surface area contributed by atoms with Crippen LogP contribution < -0.4 is 4.90 Å². The molecule has 6 heteroatoms. The van der Waals surface area contributed by atoms with Crippen molar-refractivity contribution in [2.24, 2.45) is 0 Å². The highest BCUT2D eigenvalue weighted by molar-refractivity contribution is 6.06. The highest BCUT2D eigenvalue weighted by Crippen LogP contribution is 2.20. The topological polar surface area (TPSA) is 63.9 Å². The second kappa shape index (κ2) is 6.40. The van der Waals surface area contributed by atoms with Crippen molar-refractivity contribution in [3.63, 3.8) is 0 Å². The minimum atomic E-state index is -0.160. The third kappa shape index (κ3) is 2.71. The quantitative estimate of drug-likeness (QED) is 0.572. The molecule has 0 atom stereocenters. The van der Waals surface area contributed by atoms with E-state index >= 15 is 0 Å². The van der Waals surface area contributed by atoms with Crippen molar-refractivity contribution in [1.82, 2.24) is 19.7 Å². The number of para-hydroxylation sites is 1. The van der Waals surface area contributed by atoms with Crippen LogP contribution in [0.25, 0.3) is 16.7 Å². The number of hydrogen-bond donors (Lipinski definition) is 0. The normalized spacial score (nSPS) is 10.8. The van der Waals surface area contributed by atoms with Crippen LogP contribution in [0, 0.1) is 6.92 Å². The molecule has 0 radical (unpaired) electrons. The molecule has 0 N–H and O–H groups in total. The smallest absolute Gasteiger partial charge is 0.262 e. The zero-order chi connectivity index (χ0) is 18.1. The van der Waals surface area contributed by atoms with Gasteiger partial charge in [0.05, 0.1) is 23.0 Å². The molecule has 0 spiro atoms. The van der Waals surface area contributed by atoms with Crippen LogP contribution in [-0.2, 0) is 0 Å². The fourth-order valence-electron chi connectivity index (χ4n) is 2.86. The number of amides is 1. The summed E-state index contributed by atoms with van der Waals surface area (Å²) in [5.74, 6) is 1.11. The van der Waals surface area contributed by atoms with E-state index in [0.29, 0.717) is 17.2 Å². The molecule has 0 bridgehead atoms. The summed E-state index contributed by atoms with van der Waals surface area (Å²) in [5.41, 5.74) is 2.11. The zero-order valence-corrected chi connectivity index (χ0v) is 14.5. The molecular weight excluding hydrogens is 326 g/mol. The number of aromatic nitrogens is 4. The van der Waals surface area contributed by atoms with Gasteiger partial charge in [-0.2, -0.15) is 5.10 Å². The summed E-state index contributed by atoms with van der Waals surface area (Å²) in [6.45, 7) is 1.86. The van der Waals surface area contributed by atoms with Gasteiger partial charge in [0.2, 0.25) is 0 Å². The predicted molar refractivity (Wildman–Crippen MR) is 101 cm³/mol. The maximum absolute atomic E-state index is 13.0. The molecule has 128 valence electrons. The van der Waals surface area contributed by atoms with Crippen molar-refractivity contribution in [3.05, 3.63) is 78.2 Å². The lowest BCUT2D eigenvalue weighted by atomic mass is 10.2. The number of carbonyl (C=O) groups is 1. The summed E-state index contributed by atoms with van der Waals surface area (Å²) in [5, 5.41) is 5.36. The summed E-state index contributed by atoms with van der Waals surface area (Å²) in [7, 11) is 1.72. The molecule has 4 aromatic rings. The lowest BCUT2D eigenvalue weighted by molar-refractivity contribution is 0.0991. The number of pyridine rings is 2. The van der Waals surface area contributed by atoms with Crippen LogP contribution in [-0.4, -0.2) is 32.7 Å². The van der Waals surface area contributed by atoms with Gasteiger partial charge in [0.15, 0.2) is 5.82 Å². The van der Waals surface area contributed by atoms with E-state index in [2.05, 4.69) is 15.1 Å². The molecule has 1 aromatic carbocycles. The van der Waals surface area contributed by atoms with E-state index in [1.807, 2.05) is 61.5 Å². The number of benzene rings is 1. The standard InChI is InChI=1S/C20H17N5O/c1-14-16(13-22-25(14)18-9-5-6-12-21-18)20(26)24(2)19-11-10-15-7-3-4-8-17(15)23-19/h3-13H,1-2H3. The Labute approximate surface area is 150 Å². The molecular formula is C20H17N5O. The molecule has 0 saturated heterocycles. The van der Waals surface area contributed by atoms with Gasteiger partial charge in [-0.25, -0.2) is 14.6 Å². The number of carbonyl (C=O) groups excluding carboxylic acids is 1. The predicted octanol–water partition coefficient (Wildman–Crippen LogP) is 3.40. The van der Waals surface area contributed by atoms with Crippen molar-refractivity contribution in [1.29, 1.82) is 0 Å². The van der Waals surface area contributed by atoms with Crippen molar-refractivity contribution < 1.29 is 4.79 Å². The second-order valence-corrected chi connectivity index (χ2v) is 5.97. The van der Waals surface area contributed by atoms with E-state index in [1.165, 1.54) is 0 Å². The maximum atomic E-state index is 13.0. The lowest BCUT2D eigenvalue weighted by Gasteiger charge is -2.16. The van der Waals surface area contributed by atoms with E-state index in [4.69, 9.17) is 0 Å². The first-order valence-electron chi connectivity index (χ1n) is 8.25. The Kier molecular flexibility index (Phi) is 3.93. The zero-order valence-electron chi connectivity index (χ0n) is 14.5. The van der Waals surface area contributed by atoms with E-state index < -0.39 is 0 Å². The average Bonchev–Trinajstić information content (AvgIpc) is 3.08. The Bertz CT molecular complexity index is 1090. The minimum absolute atomic E-state index is 0.160. The molecule has 0 saturated carbocycles. The number of rotatable bonds is 3. The van der Waals surface area contributed by atoms with Crippen molar-refractivity contribution in [3.8, 4) is 5.82 Å². The van der Waals surface area contributed by atoms with Gasteiger partial charge in [-0.3, -0.25) is 9.69 Å². The molecule has 1 amide bonds. The van der Waals surface area contributed by atoms with Crippen LogP contribution in [0.3, 0.4) is 0 Å². The van der Waals surface area contributed by atoms with Crippen LogP contribution in [0.5, 0.6) is 0 Å². The highest BCUT2D eigenvalue weighted by atomic mass is 16.2. The first kappa shape index (κ1) is 16.0. The molecule has 26 heavy (non-hydrogen) atoms. The molecule has 3 heterocycles. The highest BCUT2D eigenvalue weighted by Gasteiger charge is 2.21. The number of fused-ring (bicyclic) bond motifs is 1. The molecule has 0 fully saturated rings. The van der Waals surface area contributed by atoms with Crippen LogP contribution >= 0.6 is 0 Å². The molecule has 0 unspecified atom stereocenters. The summed E-state index contributed by atoms with van der Waals surface area (Å²) >= 11 is 0. The summed E-state index contributed by atoms with van der Waals surface area (Å²) in [6.07, 6.45) is 3.27. The minimum Gasteiger partial charge on any atom is -0.296 e. The lowest BCUT2D eigenvalue weighted by Crippen LogP contribution is -2.27. The van der Waals surface area contributed by atoms with Gasteiger partial charge in [0, 0.05) is 18.6 Å². The molecule has 0 aliphatic rings. The molecule has 3 aromatic heterocycles. The van der Waals surface area contributed by atoms with Crippen molar-refractivity contribution >= 4 is 22.6 Å². The maximum Gasteiger partial charge on any atom is 0.262 e. The fourth-order valence-corrected chi connectivity index (χ4v) is 2.86. The SMILES string of the molecule is Cc1c(C(=O)N(C)c2ccc3ccccc3n2)cnn1-c1ccccn1. The Morgan fingerprint density at radius 1 is 1.04 bits per heavy atom. The third-order valence-corrected chi connectivity index (χ3v) is 4.34. The Morgan fingerprint density at radius 3 is 2.65 bits per heavy atom. The van der Waals surface area contributed by atoms with E-state index in [0.717, 1.165) is 16.6 Å². The van der Waals surface area contributed by atoms with Gasteiger partial charge in [0.1, 0.15) is 5.82 Å². The largest absolute Gasteiger partial charge is 0.296 e. The third-order valence-electron chi connectivity index (χ3n) is 4.34. The van der Waals surface area contributed by atoms with Crippen LogP contribution in [0.4, 0.5) is 5.82 Å². The van der Waals surface area contributed by atoms with Gasteiger partial charge >= 0.3 is 0 Å². The number of hydrogen-bond acceptors (Lipinski definition) is 4. The van der Waals surface area contributed by atoms with Crippen LogP contribution in [0.2, 0.25) is 0 Å². The van der Waals surface area contributed by atoms with Gasteiger partial charge in [-0.1, -0.05) is 24.3 Å². The van der Waals surface area contributed by atoms with Crippen LogP contribution in [0.15, 0.2) is 67.0 Å². The Morgan fingerprint density at radius 2 is 1.85 bits per heavy atom. The van der Waals surface area contributed by atoms with Gasteiger partial charge in [-0.15, -0.1) is 0 Å². The number of anilines is 1. The van der Waals surface area contributed by atoms with Crippen molar-refractivity contribution in [2.45, 2.75) is 6.92 Å². The summed E-state index contributed by atoms with van der Waals surface area (Å²) in [6, 6.07) is 17.2. The molecule has 0 aliphatic heterocycles. The second-order valence-electron chi connectivity index (χ2n) is 5.97. The van der Waals surface area contributed by atoms with Crippen molar-refractivity contribution in [2.75, 3.05) is 11.9 Å². The Balaban J connectivity index is 1.67. The van der Waals surface area contributed by atoms with E-state index in [-0.39, 0.29) is 5.91 Å². The fraction of sp³-hybridized carbons (Fsp3) is 0.100. The van der Waals surface area contributed by atoms with E-state index in [9.17, 15) is 4.79 Å². The van der Waals surface area contributed by atoms with E-state index in [1.54, 1.807) is 29.0 Å². The number of nitrogens with zero attached hydrogens (tertiary/aromatic N) is 5. The van der Waals surface area contributed by atoms with Crippen LogP contribution in [0.1, 0.15) is 16.1 Å². The molecule has 4 rings (SSSR count). The molecule has 0 aliphatic carbocycles. The summed E-state index contributed by atoms with van der Waals surface area (Å²) < 4.78 is 1.66. The Hall–Kier alpha value is -3.54. The van der Waals surface area contributed by atoms with Gasteiger partial charge < -0.3 is 0 Å². The average molecular weight is 343 g/mol. The first-order valence-corrected chi connectivity index (χ1v) is 8.25. The monoisotopic (exact) mass is 343 g/mol. The summed E-state index contributed by atoms with van der Waals surface area (Å²) in [4.78, 5) is 23.4. The van der Waals surface area contributed by atoms with Gasteiger partial charge in [-0.05, 0) is 37.3 Å². The van der Waals surface area contributed by atoms with Gasteiger partial charge in [0.25, 0.3) is 5.91 Å². The first-order chi connectivity index (χ1) is 12.6.